The lowest BCUT2D eigenvalue weighted by atomic mass is 9.98. The average molecular weight is 432 g/mol. The number of carbonyl (C=O) groups excluding carboxylic acids is 1. The van der Waals surface area contributed by atoms with E-state index in [1.165, 1.54) is 12.1 Å². The van der Waals surface area contributed by atoms with Crippen LogP contribution in [-0.2, 0) is 11.0 Å². The lowest BCUT2D eigenvalue weighted by Gasteiger charge is -2.15. The smallest absolute Gasteiger partial charge is 0.416 e. The summed E-state index contributed by atoms with van der Waals surface area (Å²) in [4.78, 5) is 27.0. The molecule has 164 valence electrons. The van der Waals surface area contributed by atoms with Crippen molar-refractivity contribution in [2.75, 3.05) is 0 Å². The zero-order chi connectivity index (χ0) is 22.0. The number of nitrogens with one attached hydrogen (secondary N) is 2. The molecule has 2 N–H and O–H groups in total. The maximum absolute atomic E-state index is 13.0. The summed E-state index contributed by atoms with van der Waals surface area (Å²) in [5.41, 5.74) is 0.362. The van der Waals surface area contributed by atoms with E-state index in [1.54, 1.807) is 18.2 Å². The molecule has 1 saturated carbocycles. The fourth-order valence-corrected chi connectivity index (χ4v) is 4.04. The Morgan fingerprint density at radius 1 is 1.00 bits per heavy atom. The van der Waals surface area contributed by atoms with E-state index in [0.29, 0.717) is 29.7 Å². The number of H-pyrrole nitrogens is 1. The monoisotopic (exact) mass is 432 g/mol. The molecule has 2 aromatic rings. The van der Waals surface area contributed by atoms with Crippen LogP contribution in [0.3, 0.4) is 0 Å². The van der Waals surface area contributed by atoms with Gasteiger partial charge in [0.15, 0.2) is 5.75 Å². The Morgan fingerprint density at radius 2 is 1.71 bits per heavy atom. The van der Waals surface area contributed by atoms with E-state index in [2.05, 4.69) is 10.3 Å². The number of benzene rings is 1. The van der Waals surface area contributed by atoms with Crippen molar-refractivity contribution in [1.82, 2.24) is 10.3 Å². The summed E-state index contributed by atoms with van der Waals surface area (Å²) < 4.78 is 44.7. The van der Waals surface area contributed by atoms with Gasteiger partial charge in [0, 0.05) is 23.7 Å². The second-order valence-electron chi connectivity index (χ2n) is 7.96. The first kappa shape index (κ1) is 21.2. The lowest BCUT2D eigenvalue weighted by Crippen LogP contribution is -2.24. The summed E-state index contributed by atoms with van der Waals surface area (Å²) >= 11 is 0. The highest BCUT2D eigenvalue weighted by atomic mass is 19.4. The molecule has 1 aromatic carbocycles. The largest absolute Gasteiger partial charge is 0.485 e. The molecule has 1 saturated heterocycles. The molecule has 1 aliphatic carbocycles. The number of hydrogen-bond donors (Lipinski definition) is 2. The van der Waals surface area contributed by atoms with Crippen LogP contribution in [0.1, 0.15) is 55.3 Å². The molecule has 1 atom stereocenters. The van der Waals surface area contributed by atoms with Gasteiger partial charge < -0.3 is 15.0 Å². The van der Waals surface area contributed by atoms with E-state index in [-0.39, 0.29) is 23.8 Å². The first-order chi connectivity index (χ1) is 14.8. The van der Waals surface area contributed by atoms with E-state index in [9.17, 15) is 22.8 Å². The highest BCUT2D eigenvalue weighted by molar-refractivity contribution is 5.82. The van der Waals surface area contributed by atoms with Crippen molar-refractivity contribution in [3.63, 3.8) is 0 Å². The molecule has 0 spiro atoms. The van der Waals surface area contributed by atoms with Crippen molar-refractivity contribution in [2.24, 2.45) is 0 Å². The van der Waals surface area contributed by atoms with E-state index in [0.717, 1.165) is 37.8 Å². The topological polar surface area (TPSA) is 71.2 Å². The molecule has 2 fully saturated rings. The molecule has 31 heavy (non-hydrogen) atoms. The quantitative estimate of drug-likeness (QED) is 0.735. The first-order valence-electron chi connectivity index (χ1n) is 10.4. The molecule has 2 aliphatic rings. The average Bonchev–Trinajstić information content (AvgIpc) is 3.39. The van der Waals surface area contributed by atoms with Crippen LogP contribution >= 0.6 is 0 Å². The maximum Gasteiger partial charge on any atom is 0.416 e. The van der Waals surface area contributed by atoms with Crippen LogP contribution in [0.25, 0.3) is 5.57 Å². The fourth-order valence-electron chi connectivity index (χ4n) is 4.04. The zero-order valence-electron chi connectivity index (χ0n) is 16.8. The summed E-state index contributed by atoms with van der Waals surface area (Å²) in [6.07, 6.45) is 2.32. The predicted molar refractivity (Wildman–Crippen MR) is 110 cm³/mol. The number of ether oxygens (including phenoxy) is 1. The number of carbonyl (C=O) groups is 1. The molecule has 2 heterocycles. The molecular formula is C23H23F3N2O3. The van der Waals surface area contributed by atoms with Crippen molar-refractivity contribution in [1.29, 1.82) is 0 Å². The number of amides is 1. The Kier molecular flexibility index (Phi) is 5.89. The number of rotatable bonds is 5. The van der Waals surface area contributed by atoms with E-state index >= 15 is 0 Å². The van der Waals surface area contributed by atoms with Gasteiger partial charge in [-0.3, -0.25) is 9.59 Å². The van der Waals surface area contributed by atoms with Gasteiger partial charge in [-0.05, 0) is 61.9 Å². The van der Waals surface area contributed by atoms with Gasteiger partial charge in [-0.1, -0.05) is 18.2 Å². The highest BCUT2D eigenvalue weighted by Gasteiger charge is 2.30. The standard InChI is InChI=1S/C23H23F3N2O3/c24-23(25,26)15-7-5-14(6-8-15)18(13-16-9-12-21(29)27-16)19-10-11-20(22(30)28-19)31-17-3-1-2-4-17/h5-8,10-11,13,16-17H,1-4,9,12H2,(H,27,29)(H,28,30)/b18-13-/t16-/m1/s1. The van der Waals surface area contributed by atoms with E-state index < -0.39 is 17.3 Å². The Balaban J connectivity index is 1.67. The molecule has 4 rings (SSSR count). The molecule has 0 bridgehead atoms. The minimum Gasteiger partial charge on any atom is -0.485 e. The van der Waals surface area contributed by atoms with Gasteiger partial charge in [-0.15, -0.1) is 0 Å². The molecule has 5 nitrogen and oxygen atoms in total. The van der Waals surface area contributed by atoms with Crippen molar-refractivity contribution < 1.29 is 22.7 Å². The minimum atomic E-state index is -4.44. The minimum absolute atomic E-state index is 0.0329. The predicted octanol–water partition coefficient (Wildman–Crippen LogP) is 4.43. The summed E-state index contributed by atoms with van der Waals surface area (Å²) in [5, 5.41) is 2.82. The lowest BCUT2D eigenvalue weighted by molar-refractivity contribution is -0.137. The van der Waals surface area contributed by atoms with Crippen molar-refractivity contribution in [2.45, 2.75) is 56.8 Å². The molecule has 1 amide bonds. The van der Waals surface area contributed by atoms with Gasteiger partial charge in [0.25, 0.3) is 5.56 Å². The van der Waals surface area contributed by atoms with Crippen molar-refractivity contribution >= 4 is 11.5 Å². The van der Waals surface area contributed by atoms with Crippen LogP contribution in [0.2, 0.25) is 0 Å². The number of hydrogen-bond acceptors (Lipinski definition) is 3. The highest BCUT2D eigenvalue weighted by Crippen LogP contribution is 2.32. The van der Waals surface area contributed by atoms with Crippen molar-refractivity contribution in [3.8, 4) is 5.75 Å². The van der Waals surface area contributed by atoms with Gasteiger partial charge in [0.1, 0.15) is 0 Å². The fraction of sp³-hybridized carbons (Fsp3) is 0.391. The maximum atomic E-state index is 13.0. The van der Waals surface area contributed by atoms with Crippen LogP contribution in [0.5, 0.6) is 5.75 Å². The Labute approximate surface area is 177 Å². The normalized spacial score (nSPS) is 20.2. The van der Waals surface area contributed by atoms with Gasteiger partial charge >= 0.3 is 6.18 Å². The molecule has 8 heteroatoms. The second kappa shape index (κ2) is 8.61. The number of halogens is 3. The molecule has 0 radical (unpaired) electrons. The Bertz CT molecular complexity index is 1040. The summed E-state index contributed by atoms with van der Waals surface area (Å²) in [6.45, 7) is 0. The summed E-state index contributed by atoms with van der Waals surface area (Å²) in [7, 11) is 0. The summed E-state index contributed by atoms with van der Waals surface area (Å²) in [6, 6.07) is 7.77. The molecule has 1 aliphatic heterocycles. The van der Waals surface area contributed by atoms with Gasteiger partial charge in [-0.2, -0.15) is 13.2 Å². The number of pyridine rings is 1. The van der Waals surface area contributed by atoms with Gasteiger partial charge in [-0.25, -0.2) is 0 Å². The van der Waals surface area contributed by atoms with Gasteiger partial charge in [0.05, 0.1) is 11.7 Å². The molecule has 1 aromatic heterocycles. The third-order valence-corrected chi connectivity index (χ3v) is 5.68. The van der Waals surface area contributed by atoms with Crippen LogP contribution in [0.15, 0.2) is 47.3 Å². The third-order valence-electron chi connectivity index (χ3n) is 5.68. The Morgan fingerprint density at radius 3 is 2.29 bits per heavy atom. The second-order valence-corrected chi connectivity index (χ2v) is 7.96. The van der Waals surface area contributed by atoms with E-state index in [4.69, 9.17) is 4.74 Å². The van der Waals surface area contributed by atoms with E-state index in [1.807, 2.05) is 0 Å². The van der Waals surface area contributed by atoms with Crippen molar-refractivity contribution in [3.05, 3.63) is 69.6 Å². The number of aromatic amines is 1. The summed E-state index contributed by atoms with van der Waals surface area (Å²) in [5.74, 6) is 0.151. The molecule has 0 unspecified atom stereocenters. The Hall–Kier alpha value is -3.03. The van der Waals surface area contributed by atoms with Crippen LogP contribution in [-0.4, -0.2) is 23.0 Å². The van der Waals surface area contributed by atoms with Gasteiger partial charge in [0.2, 0.25) is 5.91 Å². The number of alkyl halides is 3. The zero-order valence-corrected chi connectivity index (χ0v) is 16.8. The van der Waals surface area contributed by atoms with Crippen LogP contribution < -0.4 is 15.6 Å². The van der Waals surface area contributed by atoms with Crippen LogP contribution in [0.4, 0.5) is 13.2 Å². The molecular weight excluding hydrogens is 409 g/mol. The van der Waals surface area contributed by atoms with Crippen LogP contribution in [0, 0.1) is 0 Å². The first-order valence-corrected chi connectivity index (χ1v) is 10.4. The SMILES string of the molecule is O=C1CC[C@H](/C=C(/c2ccc(C(F)(F)F)cc2)c2ccc(OC3CCCC3)c(=O)[nH]2)N1. The number of aromatic nitrogens is 1. The third kappa shape index (κ3) is 5.00.